The second-order valence-electron chi connectivity index (χ2n) is 5.23. The molecule has 0 unspecified atom stereocenters. The number of amides is 1. The molecule has 0 aliphatic heterocycles. The van der Waals surface area contributed by atoms with E-state index in [1.54, 1.807) is 0 Å². The van der Waals surface area contributed by atoms with Gasteiger partial charge in [-0.05, 0) is 38.8 Å². The number of carboxylic acid groups (broad SMARTS) is 1. The Morgan fingerprint density at radius 2 is 1.95 bits per heavy atom. The molecule has 0 heterocycles. The highest BCUT2D eigenvalue weighted by atomic mass is 16.5. The van der Waals surface area contributed by atoms with Crippen LogP contribution in [-0.2, 0) is 9.59 Å². The largest absolute Gasteiger partial charge is 0.493 e. The maximum atomic E-state index is 12.0. The molecule has 0 saturated heterocycles. The Morgan fingerprint density at radius 1 is 1.29 bits per heavy atom. The van der Waals surface area contributed by atoms with Gasteiger partial charge < -0.3 is 14.7 Å². The van der Waals surface area contributed by atoms with Gasteiger partial charge in [0.2, 0.25) is 5.91 Å². The Morgan fingerprint density at radius 3 is 2.52 bits per heavy atom. The van der Waals surface area contributed by atoms with Gasteiger partial charge >= 0.3 is 5.97 Å². The third-order valence-corrected chi connectivity index (χ3v) is 3.14. The monoisotopic (exact) mass is 293 g/mol. The molecule has 0 aromatic heterocycles. The predicted octanol–water partition coefficient (Wildman–Crippen LogP) is 2.48. The van der Waals surface area contributed by atoms with E-state index >= 15 is 0 Å². The smallest absolute Gasteiger partial charge is 0.323 e. The zero-order chi connectivity index (χ0) is 15.8. The normalized spacial score (nSPS) is 10.5. The standard InChI is InChI=1S/C16H23NO4/c1-12(2)17(11-16(19)20)15(18)9-6-10-21-14-8-5-4-7-13(14)3/h4-5,7-8,12H,6,9-11H2,1-3H3,(H,19,20). The van der Waals surface area contributed by atoms with Crippen LogP contribution in [0.4, 0.5) is 0 Å². The van der Waals surface area contributed by atoms with Crippen molar-refractivity contribution < 1.29 is 19.4 Å². The summed E-state index contributed by atoms with van der Waals surface area (Å²) in [6.07, 6.45) is 0.855. The van der Waals surface area contributed by atoms with Crippen LogP contribution in [-0.4, -0.2) is 41.1 Å². The molecular formula is C16H23NO4. The number of para-hydroxylation sites is 1. The molecule has 5 nitrogen and oxygen atoms in total. The summed E-state index contributed by atoms with van der Waals surface area (Å²) in [5.74, 6) is -0.329. The first-order valence-corrected chi connectivity index (χ1v) is 7.11. The number of rotatable bonds is 8. The van der Waals surface area contributed by atoms with Gasteiger partial charge in [-0.2, -0.15) is 0 Å². The maximum absolute atomic E-state index is 12.0. The fraction of sp³-hybridized carbons (Fsp3) is 0.500. The molecule has 1 N–H and O–H groups in total. The summed E-state index contributed by atoms with van der Waals surface area (Å²) in [6.45, 7) is 5.77. The molecule has 0 spiro atoms. The molecule has 116 valence electrons. The number of ether oxygens (including phenoxy) is 1. The number of carbonyl (C=O) groups excluding carboxylic acids is 1. The first kappa shape index (κ1) is 17.0. The molecule has 0 atom stereocenters. The predicted molar refractivity (Wildman–Crippen MR) is 80.4 cm³/mol. The lowest BCUT2D eigenvalue weighted by atomic mass is 10.2. The van der Waals surface area contributed by atoms with E-state index in [2.05, 4.69) is 0 Å². The van der Waals surface area contributed by atoms with Crippen LogP contribution in [0.25, 0.3) is 0 Å². The summed E-state index contributed by atoms with van der Waals surface area (Å²) >= 11 is 0. The van der Waals surface area contributed by atoms with Crippen LogP contribution >= 0.6 is 0 Å². The Hall–Kier alpha value is -2.04. The van der Waals surface area contributed by atoms with E-state index in [1.807, 2.05) is 45.0 Å². The van der Waals surface area contributed by atoms with Crippen molar-refractivity contribution in [1.29, 1.82) is 0 Å². The van der Waals surface area contributed by atoms with Crippen molar-refractivity contribution in [3.05, 3.63) is 29.8 Å². The summed E-state index contributed by atoms with van der Waals surface area (Å²) < 4.78 is 5.62. The zero-order valence-electron chi connectivity index (χ0n) is 12.8. The maximum Gasteiger partial charge on any atom is 0.323 e. The number of hydrogen-bond acceptors (Lipinski definition) is 3. The summed E-state index contributed by atoms with van der Waals surface area (Å²) in [7, 11) is 0. The molecular weight excluding hydrogens is 270 g/mol. The molecule has 0 saturated carbocycles. The molecule has 0 aliphatic rings. The third-order valence-electron chi connectivity index (χ3n) is 3.14. The van der Waals surface area contributed by atoms with E-state index < -0.39 is 5.97 Å². The average molecular weight is 293 g/mol. The minimum atomic E-state index is -0.992. The van der Waals surface area contributed by atoms with Crippen molar-refractivity contribution in [3.63, 3.8) is 0 Å². The Balaban J connectivity index is 2.38. The van der Waals surface area contributed by atoms with Gasteiger partial charge in [0.25, 0.3) is 0 Å². The van der Waals surface area contributed by atoms with Gasteiger partial charge in [-0.3, -0.25) is 9.59 Å². The van der Waals surface area contributed by atoms with Crippen molar-refractivity contribution in [2.75, 3.05) is 13.2 Å². The van der Waals surface area contributed by atoms with E-state index in [0.717, 1.165) is 11.3 Å². The third kappa shape index (κ3) is 5.85. The zero-order valence-corrected chi connectivity index (χ0v) is 12.8. The van der Waals surface area contributed by atoms with Crippen LogP contribution in [0.3, 0.4) is 0 Å². The van der Waals surface area contributed by atoms with Gasteiger partial charge in [0, 0.05) is 12.5 Å². The van der Waals surface area contributed by atoms with E-state index in [9.17, 15) is 9.59 Å². The highest BCUT2D eigenvalue weighted by Gasteiger charge is 2.19. The number of carbonyl (C=O) groups is 2. The van der Waals surface area contributed by atoms with Crippen LogP contribution in [0, 0.1) is 6.92 Å². The van der Waals surface area contributed by atoms with Gasteiger partial charge in [-0.25, -0.2) is 0 Å². The molecule has 0 fully saturated rings. The van der Waals surface area contributed by atoms with E-state index in [1.165, 1.54) is 4.90 Å². The fourth-order valence-electron chi connectivity index (χ4n) is 1.97. The van der Waals surface area contributed by atoms with Gasteiger partial charge in [-0.1, -0.05) is 18.2 Å². The minimum Gasteiger partial charge on any atom is -0.493 e. The molecule has 0 radical (unpaired) electrons. The second kappa shape index (κ2) is 8.29. The molecule has 1 aromatic rings. The second-order valence-corrected chi connectivity index (χ2v) is 5.23. The highest BCUT2D eigenvalue weighted by molar-refractivity contribution is 5.81. The summed E-state index contributed by atoms with van der Waals surface area (Å²) in [5, 5.41) is 8.81. The first-order chi connectivity index (χ1) is 9.91. The lowest BCUT2D eigenvalue weighted by molar-refractivity contribution is -0.145. The van der Waals surface area contributed by atoms with Crippen LogP contribution in [0.15, 0.2) is 24.3 Å². The van der Waals surface area contributed by atoms with Gasteiger partial charge in [0.05, 0.1) is 6.61 Å². The van der Waals surface area contributed by atoms with Crippen LogP contribution < -0.4 is 4.74 Å². The quantitative estimate of drug-likeness (QED) is 0.748. The van der Waals surface area contributed by atoms with Crippen LogP contribution in [0.1, 0.15) is 32.3 Å². The van der Waals surface area contributed by atoms with E-state index in [4.69, 9.17) is 9.84 Å². The number of hydrogen-bond donors (Lipinski definition) is 1. The van der Waals surface area contributed by atoms with Crippen molar-refractivity contribution in [2.24, 2.45) is 0 Å². The summed E-state index contributed by atoms with van der Waals surface area (Å²) in [5.41, 5.74) is 1.05. The molecule has 0 bridgehead atoms. The molecule has 5 heteroatoms. The average Bonchev–Trinajstić information content (AvgIpc) is 2.42. The van der Waals surface area contributed by atoms with Gasteiger partial charge in [-0.15, -0.1) is 0 Å². The van der Waals surface area contributed by atoms with Crippen molar-refractivity contribution in [3.8, 4) is 5.75 Å². The Labute approximate surface area is 125 Å². The van der Waals surface area contributed by atoms with Crippen molar-refractivity contribution >= 4 is 11.9 Å². The molecule has 1 rings (SSSR count). The van der Waals surface area contributed by atoms with Gasteiger partial charge in [0.1, 0.15) is 12.3 Å². The summed E-state index contributed by atoms with van der Waals surface area (Å²) in [6, 6.07) is 7.58. The fourth-order valence-corrected chi connectivity index (χ4v) is 1.97. The molecule has 0 aliphatic carbocycles. The SMILES string of the molecule is Cc1ccccc1OCCCC(=O)N(CC(=O)O)C(C)C. The lowest BCUT2D eigenvalue weighted by Gasteiger charge is -2.24. The Bertz CT molecular complexity index is 485. The number of benzene rings is 1. The first-order valence-electron chi connectivity index (χ1n) is 7.11. The number of aliphatic carboxylic acids is 1. The van der Waals surface area contributed by atoms with Gasteiger partial charge in [0.15, 0.2) is 0 Å². The number of aryl methyl sites for hydroxylation is 1. The molecule has 1 aromatic carbocycles. The van der Waals surface area contributed by atoms with E-state index in [-0.39, 0.29) is 24.9 Å². The number of carboxylic acids is 1. The lowest BCUT2D eigenvalue weighted by Crippen LogP contribution is -2.40. The Kier molecular flexibility index (Phi) is 6.72. The number of nitrogens with zero attached hydrogens (tertiary/aromatic N) is 1. The summed E-state index contributed by atoms with van der Waals surface area (Å²) in [4.78, 5) is 24.1. The minimum absolute atomic E-state index is 0.120. The molecule has 21 heavy (non-hydrogen) atoms. The van der Waals surface area contributed by atoms with Crippen molar-refractivity contribution in [2.45, 2.75) is 39.7 Å². The highest BCUT2D eigenvalue weighted by Crippen LogP contribution is 2.16. The van der Waals surface area contributed by atoms with Crippen LogP contribution in [0.2, 0.25) is 0 Å². The topological polar surface area (TPSA) is 66.8 Å². The van der Waals surface area contributed by atoms with E-state index in [0.29, 0.717) is 13.0 Å². The van der Waals surface area contributed by atoms with Crippen molar-refractivity contribution in [1.82, 2.24) is 4.90 Å². The molecule has 1 amide bonds. The van der Waals surface area contributed by atoms with Crippen LogP contribution in [0.5, 0.6) is 5.75 Å².